The number of carbonyl (C=O) groups excluding carboxylic acids is 2. The second-order valence-electron chi connectivity index (χ2n) is 12.2. The Bertz CT molecular complexity index is 2030. The highest BCUT2D eigenvalue weighted by atomic mass is 35.5. The monoisotopic (exact) mass is 774 g/mol. The number of fused-ring (bicyclic) bond motifs is 5. The smallest absolute Gasteiger partial charge is 0.261 e. The van der Waals surface area contributed by atoms with E-state index >= 15 is 0 Å². The summed E-state index contributed by atoms with van der Waals surface area (Å²) in [6, 6.07) is 36.0. The standard InChI is InChI=1S/C24H19ClN2O2S.C16H17ClN2S.ClH/c25-16-11-12-22-20(15-16)26(19-9-3-4-10-21(19)30-22)13-5-6-14-27-23(28)17-7-1-2-8-18(17)24(27)29;17-12-7-8-16-14(11-12)19(10-4-3-9-18)13-5-1-2-6-15(13)20-16;/h1-4,7-12,15H,5-6,13-14H2;1-2,5-8,11H,3-4,9-10,18H2;1H. The number of para-hydroxylation sites is 2. The molecule has 0 atom stereocenters. The lowest BCUT2D eigenvalue weighted by atomic mass is 10.1. The Morgan fingerprint density at radius 2 is 0.882 bits per heavy atom. The third-order valence-corrected chi connectivity index (χ3v) is 11.6. The van der Waals surface area contributed by atoms with E-state index in [0.717, 1.165) is 61.7 Å². The largest absolute Gasteiger partial charge is 0.340 e. The number of halogens is 3. The molecule has 0 fully saturated rings. The average molecular weight is 776 g/mol. The van der Waals surface area contributed by atoms with Crippen LogP contribution in [0.15, 0.2) is 129 Å². The van der Waals surface area contributed by atoms with E-state index in [1.807, 2.05) is 42.1 Å². The van der Waals surface area contributed by atoms with Crippen LogP contribution in [0.25, 0.3) is 0 Å². The van der Waals surface area contributed by atoms with E-state index < -0.39 is 0 Å². The summed E-state index contributed by atoms with van der Waals surface area (Å²) in [7, 11) is 0. The van der Waals surface area contributed by atoms with Crippen molar-refractivity contribution in [2.24, 2.45) is 5.73 Å². The zero-order chi connectivity index (χ0) is 34.6. The maximum atomic E-state index is 12.5. The minimum Gasteiger partial charge on any atom is -0.340 e. The molecule has 0 radical (unpaired) electrons. The summed E-state index contributed by atoms with van der Waals surface area (Å²) in [4.78, 5) is 36.1. The van der Waals surface area contributed by atoms with Gasteiger partial charge < -0.3 is 15.5 Å². The van der Waals surface area contributed by atoms with Crippen molar-refractivity contribution in [3.8, 4) is 0 Å². The fourth-order valence-corrected chi connectivity index (χ4v) is 8.97. The van der Waals surface area contributed by atoms with Gasteiger partial charge in [0.05, 0.1) is 33.9 Å². The molecule has 0 unspecified atom stereocenters. The first kappa shape index (κ1) is 37.1. The van der Waals surface area contributed by atoms with E-state index in [4.69, 9.17) is 28.9 Å². The van der Waals surface area contributed by atoms with Crippen molar-refractivity contribution in [3.05, 3.63) is 130 Å². The van der Waals surface area contributed by atoms with Crippen LogP contribution in [0.3, 0.4) is 0 Å². The Hall–Kier alpha value is -3.63. The summed E-state index contributed by atoms with van der Waals surface area (Å²) < 4.78 is 0. The number of nitrogens with zero attached hydrogens (tertiary/aromatic N) is 3. The molecule has 3 heterocycles. The Kier molecular flexibility index (Phi) is 12.2. The molecule has 6 nitrogen and oxygen atoms in total. The van der Waals surface area contributed by atoms with Crippen LogP contribution in [0.2, 0.25) is 10.0 Å². The number of unbranched alkanes of at least 4 members (excludes halogenated alkanes) is 2. The molecule has 2 amide bonds. The summed E-state index contributed by atoms with van der Waals surface area (Å²) in [6.45, 7) is 2.93. The van der Waals surface area contributed by atoms with Crippen LogP contribution in [0.1, 0.15) is 46.4 Å². The summed E-state index contributed by atoms with van der Waals surface area (Å²) in [5.74, 6) is -0.375. The van der Waals surface area contributed by atoms with Crippen LogP contribution < -0.4 is 15.5 Å². The van der Waals surface area contributed by atoms with Gasteiger partial charge in [0.15, 0.2) is 0 Å². The van der Waals surface area contributed by atoms with Gasteiger partial charge in [0.1, 0.15) is 0 Å². The van der Waals surface area contributed by atoms with E-state index in [1.165, 1.54) is 35.9 Å². The number of hydrogen-bond donors (Lipinski definition) is 1. The fraction of sp³-hybridized carbons (Fsp3) is 0.200. The Morgan fingerprint density at radius 1 is 0.490 bits per heavy atom. The first-order valence-electron chi connectivity index (χ1n) is 16.8. The molecule has 262 valence electrons. The van der Waals surface area contributed by atoms with Gasteiger partial charge in [-0.05, 0) is 105 Å². The third kappa shape index (κ3) is 7.92. The number of carbonyl (C=O) groups is 2. The highest BCUT2D eigenvalue weighted by Gasteiger charge is 2.34. The van der Waals surface area contributed by atoms with Crippen LogP contribution in [0.5, 0.6) is 0 Å². The molecule has 5 aromatic carbocycles. The normalized spacial score (nSPS) is 13.7. The average Bonchev–Trinajstić information content (AvgIpc) is 3.38. The number of rotatable bonds is 9. The zero-order valence-electron chi connectivity index (χ0n) is 27.8. The lowest BCUT2D eigenvalue weighted by Crippen LogP contribution is -2.31. The highest BCUT2D eigenvalue weighted by molar-refractivity contribution is 8.00. The predicted octanol–water partition coefficient (Wildman–Crippen LogP) is 11.1. The van der Waals surface area contributed by atoms with Crippen molar-refractivity contribution in [1.29, 1.82) is 0 Å². The van der Waals surface area contributed by atoms with Crippen molar-refractivity contribution in [3.63, 3.8) is 0 Å². The van der Waals surface area contributed by atoms with Gasteiger partial charge in [-0.2, -0.15) is 0 Å². The zero-order valence-corrected chi connectivity index (χ0v) is 31.7. The molecule has 0 saturated heterocycles. The van der Waals surface area contributed by atoms with Gasteiger partial charge in [0, 0.05) is 49.3 Å². The first-order valence-corrected chi connectivity index (χ1v) is 19.1. The Balaban J connectivity index is 0.000000186. The summed E-state index contributed by atoms with van der Waals surface area (Å²) in [5.41, 5.74) is 11.4. The van der Waals surface area contributed by atoms with Crippen molar-refractivity contribution in [2.45, 2.75) is 45.3 Å². The summed E-state index contributed by atoms with van der Waals surface area (Å²) >= 11 is 16.0. The quantitative estimate of drug-likeness (QED) is 0.118. The maximum absolute atomic E-state index is 12.5. The van der Waals surface area contributed by atoms with Crippen LogP contribution in [-0.2, 0) is 0 Å². The number of hydrogen-bond acceptors (Lipinski definition) is 7. The molecule has 51 heavy (non-hydrogen) atoms. The molecule has 0 aromatic heterocycles. The van der Waals surface area contributed by atoms with Gasteiger partial charge in [-0.25, -0.2) is 0 Å². The Morgan fingerprint density at radius 3 is 1.35 bits per heavy atom. The van der Waals surface area contributed by atoms with Gasteiger partial charge in [-0.3, -0.25) is 14.5 Å². The van der Waals surface area contributed by atoms with Gasteiger partial charge in [0.2, 0.25) is 0 Å². The van der Waals surface area contributed by atoms with Crippen molar-refractivity contribution in [1.82, 2.24) is 4.90 Å². The number of amides is 2. The lowest BCUT2D eigenvalue weighted by Gasteiger charge is -2.33. The third-order valence-electron chi connectivity index (χ3n) is 8.90. The highest BCUT2D eigenvalue weighted by Crippen LogP contribution is 2.50. The van der Waals surface area contributed by atoms with Crippen molar-refractivity contribution in [2.75, 3.05) is 36.0 Å². The molecule has 3 aliphatic heterocycles. The summed E-state index contributed by atoms with van der Waals surface area (Å²) in [6.07, 6.45) is 3.72. The molecule has 0 aliphatic carbocycles. The molecule has 0 saturated carbocycles. The van der Waals surface area contributed by atoms with Crippen molar-refractivity contribution >= 4 is 93.7 Å². The second-order valence-corrected chi connectivity index (χ2v) is 15.2. The minimum absolute atomic E-state index is 0. The molecule has 8 rings (SSSR count). The predicted molar refractivity (Wildman–Crippen MR) is 215 cm³/mol. The molecule has 5 aromatic rings. The topological polar surface area (TPSA) is 69.9 Å². The van der Waals surface area contributed by atoms with Gasteiger partial charge in [-0.1, -0.05) is 83.1 Å². The van der Waals surface area contributed by atoms with Gasteiger partial charge in [0.25, 0.3) is 11.8 Å². The fourth-order valence-electron chi connectivity index (χ4n) is 6.48. The maximum Gasteiger partial charge on any atom is 0.261 e. The molecule has 2 N–H and O–H groups in total. The SMILES string of the molecule is Cl.NCCCCN1c2ccccc2Sc2ccc(Cl)cc21.O=C1c2ccccc2C(=O)N1CCCCN1c2ccccc2Sc2ccc(Cl)cc21. The summed E-state index contributed by atoms with van der Waals surface area (Å²) in [5, 5.41) is 1.50. The minimum atomic E-state index is -0.188. The van der Waals surface area contributed by atoms with Crippen LogP contribution in [0.4, 0.5) is 22.7 Å². The number of anilines is 4. The number of imide groups is 1. The number of benzene rings is 5. The molecule has 0 spiro atoms. The van der Waals surface area contributed by atoms with E-state index in [0.29, 0.717) is 22.7 Å². The van der Waals surface area contributed by atoms with Crippen LogP contribution >= 0.6 is 59.1 Å². The van der Waals surface area contributed by atoms with Gasteiger partial charge in [-0.15, -0.1) is 12.4 Å². The molecule has 11 heteroatoms. The molecule has 3 aliphatic rings. The van der Waals surface area contributed by atoms with E-state index in [9.17, 15) is 9.59 Å². The lowest BCUT2D eigenvalue weighted by molar-refractivity contribution is 0.0652. The van der Waals surface area contributed by atoms with E-state index in [2.05, 4.69) is 64.4 Å². The molecular weight excluding hydrogens is 739 g/mol. The van der Waals surface area contributed by atoms with Crippen LogP contribution in [-0.4, -0.2) is 42.9 Å². The second kappa shape index (κ2) is 16.8. The molecule has 0 bridgehead atoms. The first-order chi connectivity index (χ1) is 24.4. The van der Waals surface area contributed by atoms with Crippen LogP contribution in [0, 0.1) is 0 Å². The van der Waals surface area contributed by atoms with E-state index in [1.54, 1.807) is 36.0 Å². The van der Waals surface area contributed by atoms with E-state index in [-0.39, 0.29) is 24.2 Å². The molecular formula is C40H37Cl3N4O2S2. The van der Waals surface area contributed by atoms with Gasteiger partial charge >= 0.3 is 0 Å². The van der Waals surface area contributed by atoms with Crippen molar-refractivity contribution < 1.29 is 9.59 Å². The Labute approximate surface area is 323 Å². The number of nitrogens with two attached hydrogens (primary N) is 1.